The molecule has 5 aromatic rings. The fraction of sp³-hybridized carbons (Fsp3) is 0.0435. The van der Waals surface area contributed by atoms with E-state index in [1.165, 1.54) is 41.2 Å². The molecule has 4 N–H and O–H groups in total. The number of nitro groups is 1. The van der Waals surface area contributed by atoms with Crippen LogP contribution in [0.5, 0.6) is 0 Å². The summed E-state index contributed by atoms with van der Waals surface area (Å²) < 4.78 is 11.5. The highest BCUT2D eigenvalue weighted by Gasteiger charge is 2.24. The Morgan fingerprint density at radius 2 is 2.00 bits per heavy atom. The molecular formula is C23H17ClN10O5. The predicted molar refractivity (Wildman–Crippen MR) is 138 cm³/mol. The topological polar surface area (TPSA) is 205 Å². The summed E-state index contributed by atoms with van der Waals surface area (Å²) >= 11 is 5.99. The van der Waals surface area contributed by atoms with Crippen molar-refractivity contribution in [2.24, 2.45) is 5.10 Å². The molecule has 3 heterocycles. The zero-order valence-corrected chi connectivity index (χ0v) is 20.4. The monoisotopic (exact) mass is 548 g/mol. The second-order valence-corrected chi connectivity index (χ2v) is 8.25. The average molecular weight is 549 g/mol. The van der Waals surface area contributed by atoms with E-state index >= 15 is 0 Å². The maximum absolute atomic E-state index is 12.9. The van der Waals surface area contributed by atoms with Gasteiger partial charge < -0.3 is 15.5 Å². The summed E-state index contributed by atoms with van der Waals surface area (Å²) in [5.74, 6) is -0.245. The highest BCUT2D eigenvalue weighted by atomic mass is 35.5. The Morgan fingerprint density at radius 3 is 2.74 bits per heavy atom. The van der Waals surface area contributed by atoms with E-state index in [9.17, 15) is 14.9 Å². The van der Waals surface area contributed by atoms with E-state index < -0.39 is 10.8 Å². The smallest absolute Gasteiger partial charge is 0.293 e. The second-order valence-electron chi connectivity index (χ2n) is 7.81. The molecule has 196 valence electrons. The Bertz CT molecular complexity index is 1680. The van der Waals surface area contributed by atoms with E-state index in [-0.39, 0.29) is 46.6 Å². The molecule has 1 amide bonds. The minimum Gasteiger partial charge on any atom is -0.455 e. The minimum atomic E-state index is -0.686. The van der Waals surface area contributed by atoms with Gasteiger partial charge in [-0.25, -0.2) is 10.1 Å². The van der Waals surface area contributed by atoms with Crippen molar-refractivity contribution in [1.29, 1.82) is 0 Å². The van der Waals surface area contributed by atoms with Crippen molar-refractivity contribution in [3.8, 4) is 17.1 Å². The van der Waals surface area contributed by atoms with E-state index in [1.807, 2.05) is 30.3 Å². The third-order valence-electron chi connectivity index (χ3n) is 5.31. The van der Waals surface area contributed by atoms with Crippen LogP contribution in [0, 0.1) is 10.1 Å². The number of para-hydroxylation sites is 1. The molecule has 0 fully saturated rings. The van der Waals surface area contributed by atoms with Crippen molar-refractivity contribution >= 4 is 40.9 Å². The number of nitrogens with one attached hydrogen (secondary N) is 2. The van der Waals surface area contributed by atoms with Crippen LogP contribution in [0.2, 0.25) is 5.02 Å². The molecular weight excluding hydrogens is 532 g/mol. The van der Waals surface area contributed by atoms with Gasteiger partial charge in [0, 0.05) is 16.8 Å². The molecule has 15 nitrogen and oxygen atoms in total. The van der Waals surface area contributed by atoms with Crippen molar-refractivity contribution in [2.45, 2.75) is 6.54 Å². The number of amides is 1. The van der Waals surface area contributed by atoms with E-state index in [0.717, 1.165) is 5.69 Å². The summed E-state index contributed by atoms with van der Waals surface area (Å²) in [6.45, 7) is 0.121. The fourth-order valence-electron chi connectivity index (χ4n) is 3.53. The van der Waals surface area contributed by atoms with Crippen LogP contribution in [0.25, 0.3) is 17.1 Å². The lowest BCUT2D eigenvalue weighted by molar-refractivity contribution is -0.384. The summed E-state index contributed by atoms with van der Waals surface area (Å²) in [6.07, 6.45) is 1.23. The van der Waals surface area contributed by atoms with Gasteiger partial charge in [0.25, 0.3) is 11.6 Å². The van der Waals surface area contributed by atoms with Gasteiger partial charge in [0.2, 0.25) is 11.6 Å². The summed E-state index contributed by atoms with van der Waals surface area (Å²) in [5, 5.41) is 33.9. The van der Waals surface area contributed by atoms with E-state index in [1.54, 1.807) is 0 Å². The second kappa shape index (κ2) is 10.8. The molecule has 3 aromatic heterocycles. The third-order valence-corrected chi connectivity index (χ3v) is 5.55. The van der Waals surface area contributed by atoms with Gasteiger partial charge in [-0.15, -0.1) is 5.10 Å². The Labute approximate surface area is 223 Å². The van der Waals surface area contributed by atoms with Crippen molar-refractivity contribution in [3.05, 3.63) is 92.9 Å². The number of nitro benzene ring substituents is 1. The summed E-state index contributed by atoms with van der Waals surface area (Å²) in [6, 6.07) is 16.4. The molecule has 0 atom stereocenters. The first-order valence-corrected chi connectivity index (χ1v) is 11.5. The summed E-state index contributed by atoms with van der Waals surface area (Å²) in [4.78, 5) is 23.8. The number of anilines is 2. The number of furan rings is 1. The predicted octanol–water partition coefficient (Wildman–Crippen LogP) is 3.43. The van der Waals surface area contributed by atoms with Crippen LogP contribution in [0.15, 0.2) is 74.8 Å². The SMILES string of the molecule is Nc1nonc1-n1nnc(C(=O)NN=Cc2ccc(-c3cc(Cl)ccc3[N+](=O)[O-])o2)c1CNc1ccccc1. The molecule has 0 bridgehead atoms. The van der Waals surface area contributed by atoms with Gasteiger partial charge in [-0.2, -0.15) is 9.78 Å². The molecule has 0 saturated carbocycles. The van der Waals surface area contributed by atoms with Gasteiger partial charge in [-0.3, -0.25) is 14.9 Å². The van der Waals surface area contributed by atoms with Gasteiger partial charge in [-0.05, 0) is 46.7 Å². The summed E-state index contributed by atoms with van der Waals surface area (Å²) in [7, 11) is 0. The molecule has 0 aliphatic carbocycles. The maximum atomic E-state index is 12.9. The average Bonchev–Trinajstić information content (AvgIpc) is 3.67. The number of carbonyl (C=O) groups is 1. The number of benzene rings is 2. The standard InChI is InChI=1S/C23H17ClN10O5/c24-13-6-8-17(34(36)37)16(10-13)19-9-7-15(38-19)11-27-29-23(35)20-18(12-26-14-4-2-1-3-5-14)33(32-28-20)22-21(25)30-39-31-22/h1-11,26H,12H2,(H2,25,30)(H,29,35). The number of hydrogen-bond donors (Lipinski definition) is 3. The number of nitrogens with zero attached hydrogens (tertiary/aromatic N) is 7. The highest BCUT2D eigenvalue weighted by Crippen LogP contribution is 2.33. The lowest BCUT2D eigenvalue weighted by Gasteiger charge is -2.08. The van der Waals surface area contributed by atoms with Crippen LogP contribution in [-0.4, -0.2) is 42.4 Å². The first kappa shape index (κ1) is 25.1. The Morgan fingerprint density at radius 1 is 1.18 bits per heavy atom. The van der Waals surface area contributed by atoms with Crippen LogP contribution < -0.4 is 16.5 Å². The van der Waals surface area contributed by atoms with Crippen LogP contribution >= 0.6 is 11.6 Å². The van der Waals surface area contributed by atoms with E-state index in [4.69, 9.17) is 21.8 Å². The first-order valence-electron chi connectivity index (χ1n) is 11.1. The lowest BCUT2D eigenvalue weighted by atomic mass is 10.1. The first-order chi connectivity index (χ1) is 18.9. The van der Waals surface area contributed by atoms with Crippen molar-refractivity contribution in [2.75, 3.05) is 11.1 Å². The third kappa shape index (κ3) is 5.42. The molecule has 5 rings (SSSR count). The largest absolute Gasteiger partial charge is 0.455 e. The van der Waals surface area contributed by atoms with Crippen molar-refractivity contribution < 1.29 is 18.8 Å². The van der Waals surface area contributed by atoms with Gasteiger partial charge in [0.15, 0.2) is 5.69 Å². The van der Waals surface area contributed by atoms with Crippen LogP contribution in [0.3, 0.4) is 0 Å². The number of rotatable bonds is 9. The number of nitrogens with two attached hydrogens (primary N) is 1. The van der Waals surface area contributed by atoms with Gasteiger partial charge in [0.1, 0.15) is 11.5 Å². The Kier molecular flexibility index (Phi) is 6.96. The van der Waals surface area contributed by atoms with Crippen molar-refractivity contribution in [3.63, 3.8) is 0 Å². The van der Waals surface area contributed by atoms with Gasteiger partial charge in [-0.1, -0.05) is 35.0 Å². The van der Waals surface area contributed by atoms with Crippen LogP contribution in [-0.2, 0) is 6.54 Å². The molecule has 0 saturated heterocycles. The van der Waals surface area contributed by atoms with E-state index in [0.29, 0.717) is 10.7 Å². The maximum Gasteiger partial charge on any atom is 0.293 e. The molecule has 0 aliphatic heterocycles. The van der Waals surface area contributed by atoms with Gasteiger partial charge >= 0.3 is 0 Å². The molecule has 39 heavy (non-hydrogen) atoms. The fourth-order valence-corrected chi connectivity index (χ4v) is 3.70. The number of nitrogen functional groups attached to an aromatic ring is 1. The molecule has 16 heteroatoms. The van der Waals surface area contributed by atoms with Crippen LogP contribution in [0.4, 0.5) is 17.2 Å². The number of halogens is 1. The Hall–Kier alpha value is -5.57. The Balaban J connectivity index is 1.35. The van der Waals surface area contributed by atoms with E-state index in [2.05, 4.69) is 41.1 Å². The molecule has 0 radical (unpaired) electrons. The molecule has 0 unspecified atom stereocenters. The minimum absolute atomic E-state index is 0.0422. The number of carbonyl (C=O) groups excluding carboxylic acids is 1. The van der Waals surface area contributed by atoms with Crippen molar-refractivity contribution in [1.82, 2.24) is 30.7 Å². The number of hydrazone groups is 1. The quantitative estimate of drug-likeness (QED) is 0.138. The summed E-state index contributed by atoms with van der Waals surface area (Å²) in [5.41, 5.74) is 9.21. The van der Waals surface area contributed by atoms with Crippen LogP contribution in [0.1, 0.15) is 21.9 Å². The molecule has 0 aliphatic rings. The lowest BCUT2D eigenvalue weighted by Crippen LogP contribution is -2.21. The molecule has 0 spiro atoms. The van der Waals surface area contributed by atoms with Gasteiger partial charge in [0.05, 0.1) is 28.9 Å². The zero-order valence-electron chi connectivity index (χ0n) is 19.7. The zero-order chi connectivity index (χ0) is 27.4. The normalized spacial score (nSPS) is 11.1. The molecule has 2 aromatic carbocycles. The number of hydrogen-bond acceptors (Lipinski definition) is 12. The number of aromatic nitrogens is 5. The highest BCUT2D eigenvalue weighted by molar-refractivity contribution is 6.31.